The van der Waals surface area contributed by atoms with E-state index >= 15 is 0 Å². The Morgan fingerprint density at radius 3 is 2.02 bits per heavy atom. The number of H-pyrrole nitrogens is 1. The molecule has 4 aromatic carbocycles. The van der Waals surface area contributed by atoms with Crippen LogP contribution in [0.1, 0.15) is 29.3 Å². The topological polar surface area (TPSA) is 148 Å². The van der Waals surface area contributed by atoms with Gasteiger partial charge in [0.2, 0.25) is 0 Å². The number of phosphoric ester groups is 1. The fourth-order valence-corrected chi connectivity index (χ4v) is 7.15. The first-order chi connectivity index (χ1) is 24.1. The molecule has 1 fully saturated rings. The normalized spacial score (nSPS) is 18.7. The summed E-state index contributed by atoms with van der Waals surface area (Å²) < 4.78 is 49.8. The van der Waals surface area contributed by atoms with E-state index in [1.54, 1.807) is 26.4 Å². The summed E-state index contributed by atoms with van der Waals surface area (Å²) in [6.45, 7) is -0.196. The van der Waals surface area contributed by atoms with Crippen LogP contribution in [0.5, 0.6) is 17.2 Å². The minimum atomic E-state index is -4.82. The van der Waals surface area contributed by atoms with Crippen molar-refractivity contribution >= 4 is 19.4 Å². The third-order valence-corrected chi connectivity index (χ3v) is 9.58. The third kappa shape index (κ3) is 7.56. The van der Waals surface area contributed by atoms with Gasteiger partial charge in [0.15, 0.2) is 0 Å². The fourth-order valence-electron chi connectivity index (χ4n) is 5.90. The lowest BCUT2D eigenvalue weighted by Crippen LogP contribution is -2.38. The molecular weight excluding hydrogens is 687 g/mol. The van der Waals surface area contributed by atoms with E-state index in [0.29, 0.717) is 11.5 Å². The molecule has 260 valence electrons. The number of rotatable bonds is 13. The first-order valence-corrected chi connectivity index (χ1v) is 17.4. The van der Waals surface area contributed by atoms with Crippen molar-refractivity contribution in [2.45, 2.75) is 30.5 Å². The van der Waals surface area contributed by atoms with Crippen molar-refractivity contribution in [3.05, 3.63) is 158 Å². The summed E-state index contributed by atoms with van der Waals surface area (Å²) in [5.41, 5.74) is -0.303. The number of nitrogens with zero attached hydrogens (tertiary/aromatic N) is 1. The van der Waals surface area contributed by atoms with Gasteiger partial charge in [-0.1, -0.05) is 78.3 Å². The molecule has 12 nitrogen and oxygen atoms in total. The molecular formula is C36H34ClN2O10P. The van der Waals surface area contributed by atoms with Crippen LogP contribution in [0.15, 0.2) is 125 Å². The number of aromatic amines is 1. The molecule has 0 aliphatic carbocycles. The van der Waals surface area contributed by atoms with Crippen molar-refractivity contribution in [2.75, 3.05) is 20.8 Å². The number of methoxy groups -OCH3 is 2. The molecule has 0 saturated carbocycles. The molecule has 0 bridgehead atoms. The Labute approximate surface area is 292 Å². The Kier molecular flexibility index (Phi) is 10.6. The van der Waals surface area contributed by atoms with Crippen molar-refractivity contribution in [3.63, 3.8) is 0 Å². The Balaban J connectivity index is 1.40. The van der Waals surface area contributed by atoms with Gasteiger partial charge in [0.25, 0.3) is 5.56 Å². The number of nitrogens with one attached hydrogen (secondary N) is 1. The van der Waals surface area contributed by atoms with Crippen LogP contribution in [0.4, 0.5) is 0 Å². The van der Waals surface area contributed by atoms with E-state index in [-0.39, 0.29) is 23.8 Å². The van der Waals surface area contributed by atoms with E-state index in [9.17, 15) is 19.0 Å². The van der Waals surface area contributed by atoms with Crippen molar-refractivity contribution in [3.8, 4) is 17.2 Å². The van der Waals surface area contributed by atoms with Gasteiger partial charge in [0.1, 0.15) is 41.3 Å². The van der Waals surface area contributed by atoms with Gasteiger partial charge in [0.05, 0.1) is 25.8 Å². The lowest BCUT2D eigenvalue weighted by Gasteiger charge is -2.37. The van der Waals surface area contributed by atoms with Crippen LogP contribution >= 0.6 is 19.4 Å². The number of ether oxygens (including phenoxy) is 4. The predicted molar refractivity (Wildman–Crippen MR) is 185 cm³/mol. The van der Waals surface area contributed by atoms with Crippen LogP contribution in [0.25, 0.3) is 0 Å². The molecule has 2 N–H and O–H groups in total. The quantitative estimate of drug-likeness (QED) is 0.109. The van der Waals surface area contributed by atoms with Gasteiger partial charge >= 0.3 is 13.5 Å². The standard InChI is InChI=1S/C36H34ClN2O10P/c1-44-27-16-12-25(13-17-27)36(24-8-4-3-5-9-24,26-14-18-28(45-2)19-15-26)46-23-32-31(22-34(47-32)39-21-20-33(40)38-35(39)41)49-50(42,43)48-30-11-7-6-10-29(30)37/h3-21,31-32,34H,22-23H2,1-2H3,(H,42,43)(H,38,40,41). The summed E-state index contributed by atoms with van der Waals surface area (Å²) >= 11 is 6.18. The average Bonchev–Trinajstić information content (AvgIpc) is 3.51. The fraction of sp³-hybridized carbons (Fsp3) is 0.222. The van der Waals surface area contributed by atoms with Crippen LogP contribution in [-0.4, -0.2) is 47.5 Å². The zero-order valence-corrected chi connectivity index (χ0v) is 28.7. The van der Waals surface area contributed by atoms with Crippen molar-refractivity contribution in [1.29, 1.82) is 0 Å². The highest BCUT2D eigenvalue weighted by molar-refractivity contribution is 7.47. The number of aromatic nitrogens is 2. The van der Waals surface area contributed by atoms with Crippen molar-refractivity contribution in [1.82, 2.24) is 9.55 Å². The van der Waals surface area contributed by atoms with E-state index in [4.69, 9.17) is 39.6 Å². The SMILES string of the molecule is COc1ccc(C(OCC2OC(n3ccc(=O)[nH]c3=O)CC2OP(=O)(O)Oc2ccccc2Cl)(c2ccccc2)c2ccc(OC)cc2)cc1. The van der Waals surface area contributed by atoms with Gasteiger partial charge in [-0.25, -0.2) is 9.36 Å². The molecule has 5 aromatic rings. The zero-order valence-electron chi connectivity index (χ0n) is 27.0. The Hall–Kier alpha value is -4.68. The first kappa shape index (κ1) is 35.2. The van der Waals surface area contributed by atoms with Gasteiger partial charge in [-0.3, -0.25) is 23.8 Å². The van der Waals surface area contributed by atoms with Gasteiger partial charge in [-0.05, 0) is 53.1 Å². The Morgan fingerprint density at radius 2 is 1.44 bits per heavy atom. The number of hydrogen-bond acceptors (Lipinski definition) is 9. The van der Waals surface area contributed by atoms with Crippen LogP contribution in [0, 0.1) is 0 Å². The van der Waals surface area contributed by atoms with Crippen molar-refractivity contribution in [2.24, 2.45) is 0 Å². The highest BCUT2D eigenvalue weighted by Crippen LogP contribution is 2.50. The predicted octanol–water partition coefficient (Wildman–Crippen LogP) is 6.07. The summed E-state index contributed by atoms with van der Waals surface area (Å²) in [7, 11) is -1.66. The highest BCUT2D eigenvalue weighted by Gasteiger charge is 2.45. The Bertz CT molecular complexity index is 2020. The molecule has 0 amide bonds. The van der Waals surface area contributed by atoms with Gasteiger partial charge in [-0.15, -0.1) is 0 Å². The molecule has 1 aliphatic heterocycles. The highest BCUT2D eigenvalue weighted by atomic mass is 35.5. The summed E-state index contributed by atoms with van der Waals surface area (Å²) in [5, 5.41) is 0.109. The first-order valence-electron chi connectivity index (χ1n) is 15.5. The maximum absolute atomic E-state index is 13.4. The molecule has 2 heterocycles. The molecule has 4 atom stereocenters. The second-order valence-corrected chi connectivity index (χ2v) is 13.1. The van der Waals surface area contributed by atoms with Gasteiger partial charge in [-0.2, -0.15) is 0 Å². The lowest BCUT2D eigenvalue weighted by atomic mass is 9.80. The number of halogens is 1. The summed E-state index contributed by atoms with van der Waals surface area (Å²) in [6.07, 6.45) is -1.93. The molecule has 1 saturated heterocycles. The van der Waals surface area contributed by atoms with Crippen LogP contribution < -0.4 is 25.2 Å². The maximum atomic E-state index is 13.4. The van der Waals surface area contributed by atoms with Crippen LogP contribution in [0.2, 0.25) is 5.02 Å². The molecule has 4 unspecified atom stereocenters. The van der Waals surface area contributed by atoms with Crippen molar-refractivity contribution < 1.29 is 37.5 Å². The smallest absolute Gasteiger partial charge is 0.497 e. The molecule has 14 heteroatoms. The molecule has 1 aliphatic rings. The molecule has 1 aromatic heterocycles. The van der Waals surface area contributed by atoms with Crippen LogP contribution in [0.3, 0.4) is 0 Å². The molecule has 50 heavy (non-hydrogen) atoms. The summed E-state index contributed by atoms with van der Waals surface area (Å²) in [4.78, 5) is 37.7. The van der Waals surface area contributed by atoms with E-state index in [1.807, 2.05) is 78.9 Å². The molecule has 6 rings (SSSR count). The van der Waals surface area contributed by atoms with Crippen LogP contribution in [-0.2, 0) is 24.2 Å². The third-order valence-electron chi connectivity index (χ3n) is 8.30. The Morgan fingerprint density at radius 1 is 0.860 bits per heavy atom. The molecule has 0 radical (unpaired) electrons. The van der Waals surface area contributed by atoms with E-state index in [1.165, 1.54) is 29.0 Å². The minimum Gasteiger partial charge on any atom is -0.497 e. The minimum absolute atomic E-state index is 0.0535. The monoisotopic (exact) mass is 720 g/mol. The van der Waals surface area contributed by atoms with E-state index < -0.39 is 43.1 Å². The maximum Gasteiger partial charge on any atom is 0.527 e. The number of para-hydroxylation sites is 1. The second-order valence-electron chi connectivity index (χ2n) is 11.3. The van der Waals surface area contributed by atoms with E-state index in [0.717, 1.165) is 16.7 Å². The summed E-state index contributed by atoms with van der Waals surface area (Å²) in [6, 6.07) is 31.8. The molecule has 0 spiro atoms. The summed E-state index contributed by atoms with van der Waals surface area (Å²) in [5.74, 6) is 1.23. The number of hydrogen-bond donors (Lipinski definition) is 2. The number of phosphoric acid groups is 1. The number of benzene rings is 4. The largest absolute Gasteiger partial charge is 0.527 e. The lowest BCUT2D eigenvalue weighted by molar-refractivity contribution is -0.0932. The second kappa shape index (κ2) is 15.1. The zero-order chi connectivity index (χ0) is 35.3. The average molecular weight is 721 g/mol. The van der Waals surface area contributed by atoms with E-state index in [2.05, 4.69) is 4.98 Å². The van der Waals surface area contributed by atoms with Gasteiger partial charge in [0, 0.05) is 18.7 Å². The van der Waals surface area contributed by atoms with Gasteiger partial charge < -0.3 is 23.5 Å².